The largest absolute Gasteiger partial charge is 0.452 e. The van der Waals surface area contributed by atoms with Gasteiger partial charge < -0.3 is 14.6 Å². The number of aromatic nitrogens is 1. The maximum absolute atomic E-state index is 12.8. The van der Waals surface area contributed by atoms with E-state index in [1.807, 2.05) is 13.8 Å². The molecule has 1 heterocycles. The van der Waals surface area contributed by atoms with Gasteiger partial charge in [0, 0.05) is 12.5 Å². The van der Waals surface area contributed by atoms with Crippen LogP contribution < -0.4 is 5.32 Å². The van der Waals surface area contributed by atoms with Gasteiger partial charge in [0.25, 0.3) is 5.91 Å². The van der Waals surface area contributed by atoms with Crippen LogP contribution in [0.4, 0.5) is 4.39 Å². The minimum Gasteiger partial charge on any atom is -0.452 e. The molecule has 1 amide bonds. The van der Waals surface area contributed by atoms with E-state index >= 15 is 0 Å². The third-order valence-electron chi connectivity index (χ3n) is 3.35. The molecule has 0 atom stereocenters. The standard InChI is InChI=1S/C17H19FN2O4/c1-10(2)16-15(11(3)20-24-16)17(22)23-9-14(21)19-8-12-4-6-13(18)7-5-12/h4-7,10H,8-9H2,1-3H3,(H,19,21). The number of carbonyl (C=O) groups excluding carboxylic acids is 2. The van der Waals surface area contributed by atoms with Crippen molar-refractivity contribution in [3.8, 4) is 0 Å². The Morgan fingerprint density at radius 2 is 1.96 bits per heavy atom. The lowest BCUT2D eigenvalue weighted by Gasteiger charge is -2.08. The molecule has 1 aromatic carbocycles. The highest BCUT2D eigenvalue weighted by molar-refractivity contribution is 5.93. The average Bonchev–Trinajstić information content (AvgIpc) is 2.94. The Balaban J connectivity index is 1.86. The molecular weight excluding hydrogens is 315 g/mol. The number of nitrogens with one attached hydrogen (secondary N) is 1. The molecule has 1 aromatic heterocycles. The summed E-state index contributed by atoms with van der Waals surface area (Å²) >= 11 is 0. The van der Waals surface area contributed by atoms with Crippen molar-refractivity contribution in [3.05, 3.63) is 52.7 Å². The predicted octanol–water partition coefficient (Wildman–Crippen LogP) is 2.72. The molecule has 2 rings (SSSR count). The number of nitrogens with zero attached hydrogens (tertiary/aromatic N) is 1. The van der Waals surface area contributed by atoms with Gasteiger partial charge in [-0.2, -0.15) is 0 Å². The van der Waals surface area contributed by atoms with E-state index in [0.717, 1.165) is 5.56 Å². The van der Waals surface area contributed by atoms with Gasteiger partial charge >= 0.3 is 5.97 Å². The molecule has 7 heteroatoms. The van der Waals surface area contributed by atoms with E-state index in [-0.39, 0.29) is 23.8 Å². The lowest BCUT2D eigenvalue weighted by atomic mass is 10.1. The number of hydrogen-bond donors (Lipinski definition) is 1. The van der Waals surface area contributed by atoms with Crippen LogP contribution in [0.2, 0.25) is 0 Å². The fourth-order valence-electron chi connectivity index (χ4n) is 2.09. The molecule has 6 nitrogen and oxygen atoms in total. The SMILES string of the molecule is Cc1noc(C(C)C)c1C(=O)OCC(=O)NCc1ccc(F)cc1. The van der Waals surface area contributed by atoms with E-state index in [0.29, 0.717) is 11.5 Å². The summed E-state index contributed by atoms with van der Waals surface area (Å²) in [6, 6.07) is 5.75. The smallest absolute Gasteiger partial charge is 0.344 e. The van der Waals surface area contributed by atoms with Crippen molar-refractivity contribution in [1.82, 2.24) is 10.5 Å². The topological polar surface area (TPSA) is 81.4 Å². The molecule has 0 aliphatic heterocycles. The normalized spacial score (nSPS) is 10.7. The number of hydrogen-bond acceptors (Lipinski definition) is 5. The maximum Gasteiger partial charge on any atom is 0.344 e. The number of esters is 1. The van der Waals surface area contributed by atoms with E-state index in [1.54, 1.807) is 19.1 Å². The Hall–Kier alpha value is -2.70. The van der Waals surface area contributed by atoms with E-state index in [1.165, 1.54) is 12.1 Å². The summed E-state index contributed by atoms with van der Waals surface area (Å²) in [5.41, 5.74) is 1.43. The van der Waals surface area contributed by atoms with Crippen molar-refractivity contribution in [2.75, 3.05) is 6.61 Å². The molecule has 0 saturated heterocycles. The van der Waals surface area contributed by atoms with E-state index in [4.69, 9.17) is 9.26 Å². The lowest BCUT2D eigenvalue weighted by molar-refractivity contribution is -0.124. The second kappa shape index (κ2) is 7.72. The summed E-state index contributed by atoms with van der Waals surface area (Å²) in [5, 5.41) is 6.36. The fraction of sp³-hybridized carbons (Fsp3) is 0.353. The van der Waals surface area contributed by atoms with Gasteiger partial charge in [0.1, 0.15) is 11.4 Å². The van der Waals surface area contributed by atoms with Gasteiger partial charge in [-0.05, 0) is 24.6 Å². The van der Waals surface area contributed by atoms with Crippen molar-refractivity contribution < 1.29 is 23.2 Å². The highest BCUT2D eigenvalue weighted by Gasteiger charge is 2.24. The van der Waals surface area contributed by atoms with Crippen molar-refractivity contribution in [2.24, 2.45) is 0 Å². The van der Waals surface area contributed by atoms with Crippen LogP contribution in [0.25, 0.3) is 0 Å². The summed E-state index contributed by atoms with van der Waals surface area (Å²) < 4.78 is 22.9. The Labute approximate surface area is 139 Å². The van der Waals surface area contributed by atoms with Crippen LogP contribution in [0.1, 0.15) is 47.1 Å². The van der Waals surface area contributed by atoms with Gasteiger partial charge in [-0.1, -0.05) is 31.1 Å². The molecule has 0 unspecified atom stereocenters. The van der Waals surface area contributed by atoms with Gasteiger partial charge in [0.15, 0.2) is 12.4 Å². The van der Waals surface area contributed by atoms with Crippen LogP contribution in [-0.2, 0) is 16.1 Å². The summed E-state index contributed by atoms with van der Waals surface area (Å²) in [5.74, 6) is -1.03. The first-order chi connectivity index (χ1) is 11.4. The highest BCUT2D eigenvalue weighted by Crippen LogP contribution is 2.22. The van der Waals surface area contributed by atoms with Crippen LogP contribution in [-0.4, -0.2) is 23.6 Å². The van der Waals surface area contributed by atoms with Crippen molar-refractivity contribution in [3.63, 3.8) is 0 Å². The summed E-state index contributed by atoms with van der Waals surface area (Å²) in [4.78, 5) is 23.9. The molecule has 2 aromatic rings. The molecule has 1 N–H and O–H groups in total. The third-order valence-corrected chi connectivity index (χ3v) is 3.35. The molecule has 0 saturated carbocycles. The minimum atomic E-state index is -0.644. The second-order valence-electron chi connectivity index (χ2n) is 5.64. The molecule has 24 heavy (non-hydrogen) atoms. The van der Waals surface area contributed by atoms with Crippen molar-refractivity contribution in [1.29, 1.82) is 0 Å². The Kier molecular flexibility index (Phi) is 5.68. The first-order valence-corrected chi connectivity index (χ1v) is 7.53. The number of ether oxygens (including phenoxy) is 1. The number of halogens is 1. The molecule has 0 radical (unpaired) electrons. The second-order valence-corrected chi connectivity index (χ2v) is 5.64. The Morgan fingerprint density at radius 1 is 1.29 bits per heavy atom. The maximum atomic E-state index is 12.8. The summed E-state index contributed by atoms with van der Waals surface area (Å²) in [6.07, 6.45) is 0. The monoisotopic (exact) mass is 334 g/mol. The quantitative estimate of drug-likeness (QED) is 0.822. The van der Waals surface area contributed by atoms with Gasteiger partial charge in [-0.15, -0.1) is 0 Å². The molecule has 0 spiro atoms. The fourth-order valence-corrected chi connectivity index (χ4v) is 2.09. The molecule has 128 valence electrons. The Morgan fingerprint density at radius 3 is 2.58 bits per heavy atom. The lowest BCUT2D eigenvalue weighted by Crippen LogP contribution is -2.28. The first kappa shape index (κ1) is 17.7. The molecule has 0 aliphatic rings. The number of amides is 1. The average molecular weight is 334 g/mol. The van der Waals surface area contributed by atoms with E-state index in [2.05, 4.69) is 10.5 Å². The zero-order valence-corrected chi connectivity index (χ0v) is 13.8. The van der Waals surface area contributed by atoms with Crippen LogP contribution in [0.15, 0.2) is 28.8 Å². The minimum absolute atomic E-state index is 0.0268. The van der Waals surface area contributed by atoms with Crippen LogP contribution >= 0.6 is 0 Å². The molecule has 0 aliphatic carbocycles. The third kappa shape index (κ3) is 4.41. The van der Waals surface area contributed by atoms with Crippen molar-refractivity contribution >= 4 is 11.9 Å². The van der Waals surface area contributed by atoms with Gasteiger partial charge in [0.05, 0.1) is 5.69 Å². The molecule has 0 bridgehead atoms. The van der Waals surface area contributed by atoms with Gasteiger partial charge in [0.2, 0.25) is 0 Å². The van der Waals surface area contributed by atoms with Crippen LogP contribution in [0.3, 0.4) is 0 Å². The summed E-state index contributed by atoms with van der Waals surface area (Å²) in [6.45, 7) is 5.18. The number of carbonyl (C=O) groups is 2. The van der Waals surface area contributed by atoms with Crippen LogP contribution in [0.5, 0.6) is 0 Å². The van der Waals surface area contributed by atoms with E-state index in [9.17, 15) is 14.0 Å². The first-order valence-electron chi connectivity index (χ1n) is 7.53. The predicted molar refractivity (Wildman–Crippen MR) is 83.9 cm³/mol. The number of aryl methyl sites for hydroxylation is 1. The van der Waals surface area contributed by atoms with Crippen LogP contribution in [0, 0.1) is 12.7 Å². The number of benzene rings is 1. The molecule has 0 fully saturated rings. The molecular formula is C17H19FN2O4. The zero-order valence-electron chi connectivity index (χ0n) is 13.8. The summed E-state index contributed by atoms with van der Waals surface area (Å²) in [7, 11) is 0. The number of rotatable bonds is 6. The zero-order chi connectivity index (χ0) is 17.7. The Bertz CT molecular complexity index is 723. The van der Waals surface area contributed by atoms with Crippen molar-refractivity contribution in [2.45, 2.75) is 33.2 Å². The highest BCUT2D eigenvalue weighted by atomic mass is 19.1. The van der Waals surface area contributed by atoms with Gasteiger partial charge in [-0.25, -0.2) is 9.18 Å². The van der Waals surface area contributed by atoms with E-state index < -0.39 is 18.5 Å². The van der Waals surface area contributed by atoms with Gasteiger partial charge in [-0.3, -0.25) is 4.79 Å².